The first-order chi connectivity index (χ1) is 6.79. The number of aliphatic hydroxyl groups is 2. The van der Waals surface area contributed by atoms with Crippen molar-refractivity contribution in [3.8, 4) is 0 Å². The smallest absolute Gasteiger partial charge is 0.102 e. The van der Waals surface area contributed by atoms with E-state index in [-0.39, 0.29) is 6.61 Å². The average Bonchev–Trinajstić information content (AvgIpc) is 2.25. The predicted molar refractivity (Wildman–Crippen MR) is 52.3 cm³/mol. The van der Waals surface area contributed by atoms with Gasteiger partial charge in [-0.25, -0.2) is 5.90 Å². The van der Waals surface area contributed by atoms with Crippen LogP contribution in [0.25, 0.3) is 0 Å². The average molecular weight is 197 g/mol. The normalized spacial score (nSPS) is 12.8. The molecule has 0 fully saturated rings. The molecule has 78 valence electrons. The number of benzene rings is 1. The number of hydrogen-bond donors (Lipinski definition) is 3. The Hall–Kier alpha value is -0.940. The summed E-state index contributed by atoms with van der Waals surface area (Å²) in [7, 11) is 0. The lowest BCUT2D eigenvalue weighted by Gasteiger charge is -2.12. The fourth-order valence-corrected chi connectivity index (χ4v) is 1.35. The molecular formula is C10H15NO3. The zero-order chi connectivity index (χ0) is 10.4. The minimum atomic E-state index is -0.830. The van der Waals surface area contributed by atoms with Crippen LogP contribution in [0, 0.1) is 0 Å². The molecule has 4 nitrogen and oxygen atoms in total. The number of hydrogen-bond acceptors (Lipinski definition) is 4. The van der Waals surface area contributed by atoms with Crippen LogP contribution in [0.2, 0.25) is 0 Å². The second-order valence-electron chi connectivity index (χ2n) is 3.02. The maximum Gasteiger partial charge on any atom is 0.102 e. The second-order valence-corrected chi connectivity index (χ2v) is 3.02. The van der Waals surface area contributed by atoms with Gasteiger partial charge < -0.3 is 15.1 Å². The first-order valence-electron chi connectivity index (χ1n) is 4.48. The van der Waals surface area contributed by atoms with E-state index in [9.17, 15) is 5.11 Å². The van der Waals surface area contributed by atoms with E-state index in [1.54, 1.807) is 6.07 Å². The van der Waals surface area contributed by atoms with Crippen LogP contribution in [0.1, 0.15) is 17.2 Å². The maximum atomic E-state index is 9.49. The van der Waals surface area contributed by atoms with E-state index in [2.05, 4.69) is 4.84 Å². The van der Waals surface area contributed by atoms with E-state index in [1.165, 1.54) is 0 Å². The van der Waals surface area contributed by atoms with Crippen LogP contribution in [0.3, 0.4) is 0 Å². The molecule has 0 heterocycles. The summed E-state index contributed by atoms with van der Waals surface area (Å²) in [5, 5.41) is 18.3. The van der Waals surface area contributed by atoms with Crippen LogP contribution >= 0.6 is 0 Å². The molecule has 0 bridgehead atoms. The first-order valence-corrected chi connectivity index (χ1v) is 4.48. The predicted octanol–water partition coefficient (Wildman–Crippen LogP) is 0.145. The molecule has 0 aliphatic rings. The van der Waals surface area contributed by atoms with Crippen molar-refractivity contribution in [2.75, 3.05) is 13.2 Å². The molecule has 1 atom stereocenters. The van der Waals surface area contributed by atoms with Crippen LogP contribution in [-0.4, -0.2) is 23.4 Å². The molecule has 0 saturated carbocycles. The fourth-order valence-electron chi connectivity index (χ4n) is 1.35. The van der Waals surface area contributed by atoms with Crippen molar-refractivity contribution in [1.82, 2.24) is 0 Å². The third-order valence-corrected chi connectivity index (χ3v) is 2.08. The van der Waals surface area contributed by atoms with Gasteiger partial charge in [0, 0.05) is 0 Å². The minimum absolute atomic E-state index is 0.277. The molecule has 0 aliphatic heterocycles. The van der Waals surface area contributed by atoms with Crippen molar-refractivity contribution in [2.45, 2.75) is 12.5 Å². The van der Waals surface area contributed by atoms with Crippen molar-refractivity contribution < 1.29 is 15.1 Å². The maximum absolute atomic E-state index is 9.49. The highest BCUT2D eigenvalue weighted by Crippen LogP contribution is 2.17. The molecule has 0 radical (unpaired) electrons. The molecule has 4 N–H and O–H groups in total. The van der Waals surface area contributed by atoms with Gasteiger partial charge in [-0.15, -0.1) is 0 Å². The Morgan fingerprint density at radius 3 is 2.71 bits per heavy atom. The quantitative estimate of drug-likeness (QED) is 0.587. The van der Waals surface area contributed by atoms with Crippen LogP contribution in [0.4, 0.5) is 0 Å². The topological polar surface area (TPSA) is 75.7 Å². The van der Waals surface area contributed by atoms with Gasteiger partial charge in [0.05, 0.1) is 13.2 Å². The van der Waals surface area contributed by atoms with Gasteiger partial charge in [0.1, 0.15) is 6.10 Å². The minimum Gasteiger partial charge on any atom is -0.393 e. The molecule has 1 aromatic carbocycles. The largest absolute Gasteiger partial charge is 0.393 e. The molecule has 1 rings (SSSR count). The van der Waals surface area contributed by atoms with Crippen molar-refractivity contribution in [1.29, 1.82) is 0 Å². The van der Waals surface area contributed by atoms with Gasteiger partial charge in [-0.3, -0.25) is 0 Å². The molecule has 0 aliphatic carbocycles. The lowest BCUT2D eigenvalue weighted by molar-refractivity contribution is 0.0939. The summed E-state index contributed by atoms with van der Waals surface area (Å²) < 4.78 is 0. The Morgan fingerprint density at radius 1 is 1.36 bits per heavy atom. The molecule has 0 spiro atoms. The van der Waals surface area contributed by atoms with Crippen molar-refractivity contribution >= 4 is 0 Å². The Kier molecular flexibility index (Phi) is 4.55. The molecular weight excluding hydrogens is 182 g/mol. The van der Waals surface area contributed by atoms with Gasteiger partial charge in [-0.05, 0) is 17.5 Å². The molecule has 1 aromatic rings. The standard InChI is InChI=1S/C10H15NO3/c11-14-6-5-8-3-1-2-4-9(8)10(13)7-12/h1-4,10,12-13H,5-7,11H2. The monoisotopic (exact) mass is 197 g/mol. The SMILES string of the molecule is NOCCc1ccccc1C(O)CO. The van der Waals surface area contributed by atoms with Gasteiger partial charge in [-0.2, -0.15) is 0 Å². The van der Waals surface area contributed by atoms with Crippen LogP contribution in [0.15, 0.2) is 24.3 Å². The molecule has 0 amide bonds. The fraction of sp³-hybridized carbons (Fsp3) is 0.400. The summed E-state index contributed by atoms with van der Waals surface area (Å²) in [5.41, 5.74) is 1.67. The van der Waals surface area contributed by atoms with Gasteiger partial charge in [-0.1, -0.05) is 24.3 Å². The number of aliphatic hydroxyl groups excluding tert-OH is 2. The van der Waals surface area contributed by atoms with Crippen molar-refractivity contribution in [3.05, 3.63) is 35.4 Å². The van der Waals surface area contributed by atoms with Crippen LogP contribution < -0.4 is 5.90 Å². The third kappa shape index (κ3) is 2.78. The van der Waals surface area contributed by atoms with Crippen molar-refractivity contribution in [2.24, 2.45) is 5.90 Å². The van der Waals surface area contributed by atoms with E-state index in [0.717, 1.165) is 11.1 Å². The summed E-state index contributed by atoms with van der Waals surface area (Å²) in [5.74, 6) is 4.92. The highest BCUT2D eigenvalue weighted by molar-refractivity contribution is 5.29. The summed E-state index contributed by atoms with van der Waals surface area (Å²) in [6.07, 6.45) is -0.201. The van der Waals surface area contributed by atoms with E-state index in [4.69, 9.17) is 11.0 Å². The third-order valence-electron chi connectivity index (χ3n) is 2.08. The van der Waals surface area contributed by atoms with Crippen molar-refractivity contribution in [3.63, 3.8) is 0 Å². The van der Waals surface area contributed by atoms with Gasteiger partial charge in [0.25, 0.3) is 0 Å². The van der Waals surface area contributed by atoms with E-state index in [1.807, 2.05) is 18.2 Å². The van der Waals surface area contributed by atoms with Gasteiger partial charge in [0.15, 0.2) is 0 Å². The zero-order valence-corrected chi connectivity index (χ0v) is 7.89. The van der Waals surface area contributed by atoms with E-state index in [0.29, 0.717) is 13.0 Å². The summed E-state index contributed by atoms with van der Waals surface area (Å²) in [4.78, 5) is 4.47. The Balaban J connectivity index is 2.79. The van der Waals surface area contributed by atoms with Gasteiger partial charge >= 0.3 is 0 Å². The van der Waals surface area contributed by atoms with E-state index >= 15 is 0 Å². The molecule has 4 heteroatoms. The van der Waals surface area contributed by atoms with Crippen LogP contribution in [-0.2, 0) is 11.3 Å². The summed E-state index contributed by atoms with van der Waals surface area (Å²) >= 11 is 0. The molecule has 0 saturated heterocycles. The van der Waals surface area contributed by atoms with E-state index < -0.39 is 6.10 Å². The Bertz CT molecular complexity index is 278. The lowest BCUT2D eigenvalue weighted by Crippen LogP contribution is -2.09. The highest BCUT2D eigenvalue weighted by Gasteiger charge is 2.09. The second kappa shape index (κ2) is 5.72. The van der Waals surface area contributed by atoms with Gasteiger partial charge in [0.2, 0.25) is 0 Å². The summed E-state index contributed by atoms with van der Waals surface area (Å²) in [6.45, 7) is 0.121. The molecule has 1 unspecified atom stereocenters. The number of nitrogens with two attached hydrogens (primary N) is 1. The molecule has 14 heavy (non-hydrogen) atoms. The zero-order valence-electron chi connectivity index (χ0n) is 7.89. The lowest BCUT2D eigenvalue weighted by atomic mass is 10.0. The first kappa shape index (κ1) is 11.1. The number of rotatable bonds is 5. The summed E-state index contributed by atoms with van der Waals surface area (Å²) in [6, 6.07) is 7.36. The molecule has 0 aromatic heterocycles. The highest BCUT2D eigenvalue weighted by atomic mass is 16.6. The van der Waals surface area contributed by atoms with Crippen LogP contribution in [0.5, 0.6) is 0 Å². The Morgan fingerprint density at radius 2 is 2.07 bits per heavy atom. The Labute approximate surface area is 82.9 Å².